The Morgan fingerprint density at radius 3 is 0.947 bits per heavy atom. The molecule has 1 aromatic rings. The maximum atomic E-state index is 6.02. The van der Waals surface area contributed by atoms with E-state index in [0.29, 0.717) is 0 Å². The summed E-state index contributed by atoms with van der Waals surface area (Å²) in [5, 5.41) is 0. The molecule has 4 unspecified atom stereocenters. The highest BCUT2D eigenvalue weighted by Gasteiger charge is 2.09. The van der Waals surface area contributed by atoms with Crippen molar-refractivity contribution < 1.29 is 9.47 Å². The first kappa shape index (κ1) is 34.8. The molecule has 2 heteroatoms. The van der Waals surface area contributed by atoms with Gasteiger partial charge in [-0.25, -0.2) is 0 Å². The molecular formula is C36H66O2. The van der Waals surface area contributed by atoms with Crippen LogP contribution in [0.3, 0.4) is 0 Å². The zero-order chi connectivity index (χ0) is 28.2. The molecule has 0 radical (unpaired) electrons. The van der Waals surface area contributed by atoms with E-state index in [1.54, 1.807) is 0 Å². The molecule has 0 bridgehead atoms. The first-order valence-corrected chi connectivity index (χ1v) is 16.5. The Kier molecular flexibility index (Phi) is 19.8. The molecule has 2 nitrogen and oxygen atoms in total. The Hall–Kier alpha value is -1.18. The van der Waals surface area contributed by atoms with E-state index >= 15 is 0 Å². The van der Waals surface area contributed by atoms with Gasteiger partial charge in [-0.3, -0.25) is 0 Å². The normalized spacial score (nSPS) is 15.0. The number of hydrogen-bond acceptors (Lipinski definition) is 2. The van der Waals surface area contributed by atoms with Crippen LogP contribution < -0.4 is 9.47 Å². The summed E-state index contributed by atoms with van der Waals surface area (Å²) in [7, 11) is 0. The van der Waals surface area contributed by atoms with Gasteiger partial charge in [0.1, 0.15) is 11.5 Å². The lowest BCUT2D eigenvalue weighted by atomic mass is 9.93. The molecule has 38 heavy (non-hydrogen) atoms. The second kappa shape index (κ2) is 21.6. The summed E-state index contributed by atoms with van der Waals surface area (Å²) < 4.78 is 12.0. The molecule has 0 spiro atoms. The van der Waals surface area contributed by atoms with Crippen molar-refractivity contribution in [3.8, 4) is 11.5 Å². The van der Waals surface area contributed by atoms with Crippen molar-refractivity contribution in [3.05, 3.63) is 24.3 Å². The van der Waals surface area contributed by atoms with Crippen molar-refractivity contribution in [2.75, 3.05) is 13.2 Å². The first-order valence-electron chi connectivity index (χ1n) is 16.5. The van der Waals surface area contributed by atoms with Gasteiger partial charge in [0.05, 0.1) is 13.2 Å². The van der Waals surface area contributed by atoms with E-state index in [1.165, 1.54) is 77.0 Å². The molecule has 0 amide bonds. The molecule has 1 rings (SSSR count). The maximum absolute atomic E-state index is 6.02. The van der Waals surface area contributed by atoms with Crippen LogP contribution in [0.25, 0.3) is 0 Å². The quantitative estimate of drug-likeness (QED) is 0.132. The van der Waals surface area contributed by atoms with Gasteiger partial charge >= 0.3 is 0 Å². The van der Waals surface area contributed by atoms with Gasteiger partial charge in [-0.2, -0.15) is 0 Å². The van der Waals surface area contributed by atoms with Crippen LogP contribution in [0.2, 0.25) is 0 Å². The lowest BCUT2D eigenvalue weighted by molar-refractivity contribution is 0.268. The Morgan fingerprint density at radius 1 is 0.395 bits per heavy atom. The second-order valence-corrected chi connectivity index (χ2v) is 13.7. The average Bonchev–Trinajstić information content (AvgIpc) is 2.84. The molecule has 0 heterocycles. The minimum absolute atomic E-state index is 0.732. The molecule has 0 fully saturated rings. The van der Waals surface area contributed by atoms with Gasteiger partial charge in [0.15, 0.2) is 0 Å². The Labute approximate surface area is 239 Å². The molecule has 0 saturated carbocycles. The van der Waals surface area contributed by atoms with Gasteiger partial charge < -0.3 is 9.47 Å². The Balaban J connectivity index is 2.09. The summed E-state index contributed by atoms with van der Waals surface area (Å²) in [4.78, 5) is 0. The van der Waals surface area contributed by atoms with E-state index in [9.17, 15) is 0 Å². The molecule has 0 N–H and O–H groups in total. The number of ether oxygens (including phenoxy) is 2. The SMILES string of the molecule is CC(C)CCCC(C)CCCC(C)CCOc1ccc(OCCC(C)CCCC(C)CCCC(C)C)cc1. The smallest absolute Gasteiger partial charge is 0.119 e. The highest BCUT2D eigenvalue weighted by atomic mass is 16.5. The monoisotopic (exact) mass is 531 g/mol. The lowest BCUT2D eigenvalue weighted by Gasteiger charge is -2.16. The summed E-state index contributed by atoms with van der Waals surface area (Å²) in [5.74, 6) is 6.82. The average molecular weight is 531 g/mol. The molecule has 0 saturated heterocycles. The predicted molar refractivity (Wildman–Crippen MR) is 168 cm³/mol. The van der Waals surface area contributed by atoms with Crippen LogP contribution in [0.15, 0.2) is 24.3 Å². The van der Waals surface area contributed by atoms with Crippen LogP contribution in [-0.2, 0) is 0 Å². The summed E-state index contributed by atoms with van der Waals surface area (Å²) in [6.45, 7) is 20.5. The predicted octanol–water partition coefficient (Wildman–Crippen LogP) is 11.8. The zero-order valence-electron chi connectivity index (χ0n) is 26.9. The molecule has 1 aromatic carbocycles. The molecule has 0 aromatic heterocycles. The molecule has 222 valence electrons. The van der Waals surface area contributed by atoms with Gasteiger partial charge in [0, 0.05) is 0 Å². The topological polar surface area (TPSA) is 18.5 Å². The molecule has 0 aliphatic carbocycles. The summed E-state index contributed by atoms with van der Waals surface area (Å²) in [6.07, 6.45) is 18.7. The van der Waals surface area contributed by atoms with Crippen LogP contribution in [0, 0.1) is 35.5 Å². The van der Waals surface area contributed by atoms with E-state index in [0.717, 1.165) is 73.1 Å². The largest absolute Gasteiger partial charge is 0.494 e. The third-order valence-corrected chi connectivity index (χ3v) is 8.33. The zero-order valence-corrected chi connectivity index (χ0v) is 26.9. The van der Waals surface area contributed by atoms with Crippen molar-refractivity contribution >= 4 is 0 Å². The summed E-state index contributed by atoms with van der Waals surface area (Å²) in [6, 6.07) is 8.23. The molecule has 4 atom stereocenters. The second-order valence-electron chi connectivity index (χ2n) is 13.7. The fourth-order valence-electron chi connectivity index (χ4n) is 5.34. The van der Waals surface area contributed by atoms with Crippen LogP contribution >= 0.6 is 0 Å². The highest BCUT2D eigenvalue weighted by Crippen LogP contribution is 2.23. The van der Waals surface area contributed by atoms with E-state index in [2.05, 4.69) is 79.7 Å². The van der Waals surface area contributed by atoms with Crippen LogP contribution in [0.1, 0.15) is 145 Å². The van der Waals surface area contributed by atoms with Crippen LogP contribution in [0.4, 0.5) is 0 Å². The third-order valence-electron chi connectivity index (χ3n) is 8.33. The fourth-order valence-corrected chi connectivity index (χ4v) is 5.34. The third kappa shape index (κ3) is 19.8. The minimum atomic E-state index is 0.732. The van der Waals surface area contributed by atoms with Gasteiger partial charge in [-0.1, -0.05) is 132 Å². The Morgan fingerprint density at radius 2 is 0.658 bits per heavy atom. The van der Waals surface area contributed by atoms with Crippen LogP contribution in [-0.4, -0.2) is 13.2 Å². The van der Waals surface area contributed by atoms with E-state index < -0.39 is 0 Å². The van der Waals surface area contributed by atoms with Crippen molar-refractivity contribution in [2.45, 2.75) is 145 Å². The number of rotatable bonds is 24. The van der Waals surface area contributed by atoms with Crippen molar-refractivity contribution in [1.29, 1.82) is 0 Å². The molecule has 0 aliphatic heterocycles. The fraction of sp³-hybridized carbons (Fsp3) is 0.833. The Bertz CT molecular complexity index is 593. The van der Waals surface area contributed by atoms with Gasteiger partial charge in [0.2, 0.25) is 0 Å². The van der Waals surface area contributed by atoms with Gasteiger partial charge in [-0.05, 0) is 72.6 Å². The minimum Gasteiger partial charge on any atom is -0.494 e. The highest BCUT2D eigenvalue weighted by molar-refractivity contribution is 5.31. The number of hydrogen-bond donors (Lipinski definition) is 0. The molecular weight excluding hydrogens is 464 g/mol. The lowest BCUT2D eigenvalue weighted by Crippen LogP contribution is -2.06. The van der Waals surface area contributed by atoms with Crippen molar-refractivity contribution in [2.24, 2.45) is 35.5 Å². The number of benzene rings is 1. The van der Waals surface area contributed by atoms with Crippen molar-refractivity contribution in [1.82, 2.24) is 0 Å². The first-order chi connectivity index (χ1) is 18.2. The van der Waals surface area contributed by atoms with Crippen LogP contribution in [0.5, 0.6) is 11.5 Å². The van der Waals surface area contributed by atoms with Gasteiger partial charge in [0.25, 0.3) is 0 Å². The van der Waals surface area contributed by atoms with Gasteiger partial charge in [-0.15, -0.1) is 0 Å². The van der Waals surface area contributed by atoms with E-state index in [1.807, 2.05) is 0 Å². The van der Waals surface area contributed by atoms with Crippen molar-refractivity contribution in [3.63, 3.8) is 0 Å². The maximum Gasteiger partial charge on any atom is 0.119 e. The molecule has 0 aliphatic rings. The van der Waals surface area contributed by atoms with E-state index in [4.69, 9.17) is 9.47 Å². The summed E-state index contributed by atoms with van der Waals surface area (Å²) in [5.41, 5.74) is 0. The van der Waals surface area contributed by atoms with E-state index in [-0.39, 0.29) is 0 Å². The summed E-state index contributed by atoms with van der Waals surface area (Å²) >= 11 is 0. The standard InChI is InChI=1S/C36H66O2/c1-29(2)13-9-15-31(5)17-11-19-33(7)25-27-37-35-21-23-36(24-22-35)38-28-26-34(8)20-12-18-32(6)16-10-14-30(3)4/h21-24,29-34H,9-20,25-28H2,1-8H3.